The number of nitrogens with zero attached hydrogens (tertiary/aromatic N) is 2. The van der Waals surface area contributed by atoms with E-state index in [1.165, 1.54) is 18.2 Å². The zero-order chi connectivity index (χ0) is 26.5. The van der Waals surface area contributed by atoms with Crippen molar-refractivity contribution < 1.29 is 25.8 Å². The van der Waals surface area contributed by atoms with Crippen LogP contribution in [0.4, 0.5) is 13.2 Å². The summed E-state index contributed by atoms with van der Waals surface area (Å²) in [7, 11) is -5.76. The van der Waals surface area contributed by atoms with Crippen LogP contribution < -0.4 is 4.18 Å². The molecular weight excluding hydrogens is 513 g/mol. The molecule has 38 heavy (non-hydrogen) atoms. The van der Waals surface area contributed by atoms with Crippen LogP contribution in [0.2, 0.25) is 0 Å². The zero-order valence-electron chi connectivity index (χ0n) is 19.7. The zero-order valence-corrected chi connectivity index (χ0v) is 20.6. The van der Waals surface area contributed by atoms with Gasteiger partial charge in [-0.2, -0.15) is 21.6 Å². The lowest BCUT2D eigenvalue weighted by molar-refractivity contribution is -0.0500. The first kappa shape index (κ1) is 24.1. The van der Waals surface area contributed by atoms with E-state index in [0.29, 0.717) is 22.2 Å². The number of hydrogen-bond donors (Lipinski definition) is 0. The highest BCUT2D eigenvalue weighted by molar-refractivity contribution is 7.88. The van der Waals surface area contributed by atoms with E-state index in [0.717, 1.165) is 45.8 Å². The van der Waals surface area contributed by atoms with Gasteiger partial charge in [-0.05, 0) is 58.8 Å². The summed E-state index contributed by atoms with van der Waals surface area (Å²) >= 11 is 0. The molecule has 0 unspecified atom stereocenters. The molecule has 0 N–H and O–H groups in total. The van der Waals surface area contributed by atoms with E-state index in [2.05, 4.69) is 28.5 Å². The maximum atomic E-state index is 12.7. The Labute approximate surface area is 216 Å². The van der Waals surface area contributed by atoms with Crippen molar-refractivity contribution in [1.29, 1.82) is 0 Å². The Hall–Kier alpha value is -4.24. The summed E-state index contributed by atoms with van der Waals surface area (Å²) in [5.74, 6) is 0.0833. The lowest BCUT2D eigenvalue weighted by Gasteiger charge is -2.14. The lowest BCUT2D eigenvalue weighted by Crippen LogP contribution is -2.28. The number of benzene rings is 4. The molecule has 5 nitrogen and oxygen atoms in total. The van der Waals surface area contributed by atoms with Crippen LogP contribution in [-0.2, 0) is 10.1 Å². The highest BCUT2D eigenvalue weighted by Gasteiger charge is 2.48. The Morgan fingerprint density at radius 2 is 1.55 bits per heavy atom. The van der Waals surface area contributed by atoms with Gasteiger partial charge in [0.15, 0.2) is 5.82 Å². The van der Waals surface area contributed by atoms with E-state index in [1.807, 2.05) is 36.4 Å². The molecule has 1 heterocycles. The Kier molecular flexibility index (Phi) is 5.68. The van der Waals surface area contributed by atoms with E-state index in [9.17, 15) is 21.6 Å². The Balaban J connectivity index is 1.49. The van der Waals surface area contributed by atoms with Crippen LogP contribution in [0.5, 0.6) is 5.75 Å². The van der Waals surface area contributed by atoms with Crippen LogP contribution >= 0.6 is 0 Å². The summed E-state index contributed by atoms with van der Waals surface area (Å²) in [6.07, 6.45) is 8.26. The summed E-state index contributed by atoms with van der Waals surface area (Å²) in [4.78, 5) is 9.88. The van der Waals surface area contributed by atoms with Gasteiger partial charge in [0.25, 0.3) is 0 Å². The average Bonchev–Trinajstić information content (AvgIpc) is 2.91. The number of allylic oxidation sites excluding steroid dienone is 4. The minimum absolute atomic E-state index is 0.422. The molecule has 190 valence electrons. The second kappa shape index (κ2) is 8.95. The molecule has 4 aromatic carbocycles. The van der Waals surface area contributed by atoms with Crippen molar-refractivity contribution in [2.24, 2.45) is 0 Å². The highest BCUT2D eigenvalue weighted by atomic mass is 32.2. The van der Waals surface area contributed by atoms with Crippen LogP contribution in [0.25, 0.3) is 49.4 Å². The molecule has 0 saturated heterocycles. The molecule has 1 aromatic heterocycles. The molecule has 6 rings (SSSR count). The first-order valence-electron chi connectivity index (χ1n) is 11.8. The molecular formula is C29H19F3N2O3S. The van der Waals surface area contributed by atoms with Crippen molar-refractivity contribution in [2.75, 3.05) is 0 Å². The topological polar surface area (TPSA) is 69.2 Å². The van der Waals surface area contributed by atoms with Crippen LogP contribution in [0.1, 0.15) is 18.5 Å². The number of aromatic nitrogens is 2. The van der Waals surface area contributed by atoms with Crippen LogP contribution in [0, 0.1) is 0 Å². The van der Waals surface area contributed by atoms with Crippen molar-refractivity contribution in [3.8, 4) is 17.1 Å². The van der Waals surface area contributed by atoms with E-state index in [-0.39, 0.29) is 0 Å². The minimum atomic E-state index is -5.76. The summed E-state index contributed by atoms with van der Waals surface area (Å²) in [6, 6.07) is 21.3. The van der Waals surface area contributed by atoms with E-state index in [4.69, 9.17) is 9.97 Å². The predicted molar refractivity (Wildman–Crippen MR) is 142 cm³/mol. The van der Waals surface area contributed by atoms with Crippen molar-refractivity contribution in [3.05, 3.63) is 96.7 Å². The van der Waals surface area contributed by atoms with E-state index in [1.54, 1.807) is 12.1 Å². The molecule has 5 aromatic rings. The third-order valence-corrected chi connectivity index (χ3v) is 7.40. The van der Waals surface area contributed by atoms with Gasteiger partial charge in [-0.1, -0.05) is 66.8 Å². The number of rotatable bonds is 4. The van der Waals surface area contributed by atoms with E-state index >= 15 is 0 Å². The van der Waals surface area contributed by atoms with Crippen molar-refractivity contribution in [1.82, 2.24) is 9.97 Å². The van der Waals surface area contributed by atoms with Gasteiger partial charge in [0.1, 0.15) is 5.75 Å². The fraction of sp³-hybridized carbons (Fsp3) is 0.103. The largest absolute Gasteiger partial charge is 0.534 e. The summed E-state index contributed by atoms with van der Waals surface area (Å²) in [5, 5.41) is 4.18. The van der Waals surface area contributed by atoms with Crippen molar-refractivity contribution >= 4 is 48.1 Å². The molecule has 0 bridgehead atoms. The Morgan fingerprint density at radius 1 is 0.789 bits per heavy atom. The number of alkyl halides is 3. The first-order valence-corrected chi connectivity index (χ1v) is 13.2. The van der Waals surface area contributed by atoms with E-state index < -0.39 is 21.4 Å². The molecule has 0 aliphatic heterocycles. The van der Waals surface area contributed by atoms with Gasteiger partial charge in [0.05, 0.1) is 11.2 Å². The number of fused-ring (bicyclic) bond motifs is 4. The fourth-order valence-electron chi connectivity index (χ4n) is 4.59. The second-order valence-electron chi connectivity index (χ2n) is 8.92. The van der Waals surface area contributed by atoms with Crippen molar-refractivity contribution in [3.63, 3.8) is 0 Å². The monoisotopic (exact) mass is 532 g/mol. The minimum Gasteiger partial charge on any atom is -0.376 e. The highest BCUT2D eigenvalue weighted by Crippen LogP contribution is 2.34. The van der Waals surface area contributed by atoms with Gasteiger partial charge in [-0.25, -0.2) is 9.97 Å². The number of hydrogen-bond acceptors (Lipinski definition) is 5. The second-order valence-corrected chi connectivity index (χ2v) is 10.5. The Morgan fingerprint density at radius 3 is 2.34 bits per heavy atom. The standard InChI is InChI=1S/C29H19F3N2O3S/c30-29(31,32)38(35,36)37-23-14-12-20-16-22(11-10-21(20)17-23)28-33-26(19-7-2-1-3-8-19)25-15-13-18-6-4-5-9-24(18)27(25)34-28/h2,4-17H,1,3H2. The Bertz CT molecular complexity index is 1910. The summed E-state index contributed by atoms with van der Waals surface area (Å²) < 4.78 is 65.2. The quantitative estimate of drug-likeness (QED) is 0.136. The van der Waals surface area contributed by atoms with Gasteiger partial charge in [0, 0.05) is 16.3 Å². The van der Waals surface area contributed by atoms with Gasteiger partial charge in [-0.15, -0.1) is 0 Å². The molecule has 0 fully saturated rings. The maximum absolute atomic E-state index is 12.7. The summed E-state index contributed by atoms with van der Waals surface area (Å²) in [6.45, 7) is 0. The predicted octanol–water partition coefficient (Wildman–Crippen LogP) is 7.57. The molecule has 0 saturated carbocycles. The summed E-state index contributed by atoms with van der Waals surface area (Å²) in [5.41, 5.74) is -2.12. The maximum Gasteiger partial charge on any atom is 0.534 e. The van der Waals surface area contributed by atoms with Crippen LogP contribution in [0.3, 0.4) is 0 Å². The molecule has 1 aliphatic rings. The third-order valence-electron chi connectivity index (χ3n) is 6.42. The lowest BCUT2D eigenvalue weighted by atomic mass is 9.98. The smallest absolute Gasteiger partial charge is 0.376 e. The molecule has 0 spiro atoms. The average molecular weight is 533 g/mol. The van der Waals surface area contributed by atoms with Gasteiger partial charge >= 0.3 is 15.6 Å². The molecule has 0 atom stereocenters. The first-order chi connectivity index (χ1) is 18.2. The molecule has 0 amide bonds. The van der Waals surface area contributed by atoms with Crippen molar-refractivity contribution in [2.45, 2.75) is 18.3 Å². The molecule has 0 radical (unpaired) electrons. The van der Waals surface area contributed by atoms with Gasteiger partial charge < -0.3 is 4.18 Å². The van der Waals surface area contributed by atoms with Crippen LogP contribution in [-0.4, -0.2) is 23.9 Å². The van der Waals surface area contributed by atoms with Gasteiger partial charge in [0.2, 0.25) is 0 Å². The third kappa shape index (κ3) is 4.28. The normalized spacial score (nSPS) is 14.2. The fourth-order valence-corrected chi connectivity index (χ4v) is 5.04. The SMILES string of the molecule is O=S(=O)(Oc1ccc2cc(-c3nc(C4=CCCC=C4)c4ccc5ccccc5c4n3)ccc2c1)C(F)(F)F. The van der Waals surface area contributed by atoms with Gasteiger partial charge in [-0.3, -0.25) is 0 Å². The molecule has 9 heteroatoms. The van der Waals surface area contributed by atoms with Crippen LogP contribution in [0.15, 0.2) is 91.0 Å². The molecule has 1 aliphatic carbocycles. The number of halogens is 3.